The maximum absolute atomic E-state index is 10.6. The summed E-state index contributed by atoms with van der Waals surface area (Å²) in [4.78, 5) is 12.4. The second-order valence-corrected chi connectivity index (χ2v) is 5.03. The molecule has 0 bridgehead atoms. The number of aliphatic carboxylic acids is 1. The first-order chi connectivity index (χ1) is 8.86. The number of aryl methyl sites for hydroxylation is 2. The van der Waals surface area contributed by atoms with E-state index in [9.17, 15) is 4.79 Å². The van der Waals surface area contributed by atoms with E-state index in [1.165, 1.54) is 16.7 Å². The Balaban J connectivity index is 2.89. The molecular formula is C15H23NO3. The van der Waals surface area contributed by atoms with Crippen LogP contribution in [0.2, 0.25) is 0 Å². The molecule has 106 valence electrons. The molecule has 0 atom stereocenters. The largest absolute Gasteiger partial charge is 0.496 e. The minimum Gasteiger partial charge on any atom is -0.496 e. The second kappa shape index (κ2) is 6.57. The molecule has 0 aliphatic rings. The predicted octanol–water partition coefficient (Wildman–Crippen LogP) is 2.18. The Labute approximate surface area is 115 Å². The molecular weight excluding hydrogens is 242 g/mol. The van der Waals surface area contributed by atoms with Gasteiger partial charge in [-0.2, -0.15) is 0 Å². The van der Waals surface area contributed by atoms with Crippen LogP contribution in [0.3, 0.4) is 0 Å². The van der Waals surface area contributed by atoms with Gasteiger partial charge >= 0.3 is 5.97 Å². The Bertz CT molecular complexity index is 469. The van der Waals surface area contributed by atoms with Crippen molar-refractivity contribution >= 4 is 5.97 Å². The third kappa shape index (κ3) is 3.96. The van der Waals surface area contributed by atoms with Gasteiger partial charge in [-0.3, -0.25) is 9.69 Å². The molecule has 0 saturated carbocycles. The van der Waals surface area contributed by atoms with Crippen LogP contribution in [0, 0.1) is 20.8 Å². The molecule has 0 saturated heterocycles. The van der Waals surface area contributed by atoms with Gasteiger partial charge in [0.2, 0.25) is 0 Å². The summed E-state index contributed by atoms with van der Waals surface area (Å²) in [5.41, 5.74) is 4.74. The lowest BCUT2D eigenvalue weighted by Gasteiger charge is -2.19. The molecule has 0 aliphatic carbocycles. The van der Waals surface area contributed by atoms with Crippen LogP contribution in [0.1, 0.15) is 22.3 Å². The second-order valence-electron chi connectivity index (χ2n) is 5.03. The van der Waals surface area contributed by atoms with Crippen LogP contribution in [0.15, 0.2) is 6.07 Å². The highest BCUT2D eigenvalue weighted by Crippen LogP contribution is 2.29. The SMILES string of the molecule is COc1c(C)c(C)cc(C)c1CCN(C)CC(=O)O. The number of carboxylic acid groups (broad SMARTS) is 1. The molecule has 0 radical (unpaired) electrons. The Morgan fingerprint density at radius 1 is 1.32 bits per heavy atom. The van der Waals surface area contributed by atoms with Gasteiger partial charge in [0, 0.05) is 6.54 Å². The van der Waals surface area contributed by atoms with Crippen LogP contribution < -0.4 is 4.74 Å². The van der Waals surface area contributed by atoms with Gasteiger partial charge in [-0.25, -0.2) is 0 Å². The normalized spacial score (nSPS) is 10.8. The molecule has 0 aliphatic heterocycles. The van der Waals surface area contributed by atoms with Crippen LogP contribution in [-0.4, -0.2) is 43.2 Å². The van der Waals surface area contributed by atoms with Crippen LogP contribution in [-0.2, 0) is 11.2 Å². The smallest absolute Gasteiger partial charge is 0.317 e. The summed E-state index contributed by atoms with van der Waals surface area (Å²) in [5.74, 6) is 0.132. The molecule has 0 unspecified atom stereocenters. The zero-order valence-electron chi connectivity index (χ0n) is 12.4. The topological polar surface area (TPSA) is 49.8 Å². The highest BCUT2D eigenvalue weighted by molar-refractivity contribution is 5.69. The fourth-order valence-electron chi connectivity index (χ4n) is 2.30. The molecule has 1 N–H and O–H groups in total. The summed E-state index contributed by atoms with van der Waals surface area (Å²) >= 11 is 0. The van der Waals surface area contributed by atoms with E-state index in [0.717, 1.165) is 17.7 Å². The highest BCUT2D eigenvalue weighted by atomic mass is 16.5. The predicted molar refractivity (Wildman–Crippen MR) is 76.0 cm³/mol. The van der Waals surface area contributed by atoms with E-state index in [-0.39, 0.29) is 6.54 Å². The third-order valence-electron chi connectivity index (χ3n) is 3.47. The number of nitrogens with zero attached hydrogens (tertiary/aromatic N) is 1. The summed E-state index contributed by atoms with van der Waals surface area (Å²) in [5, 5.41) is 8.75. The molecule has 0 amide bonds. The molecule has 4 nitrogen and oxygen atoms in total. The summed E-state index contributed by atoms with van der Waals surface area (Å²) in [6, 6.07) is 2.16. The van der Waals surface area contributed by atoms with E-state index in [1.54, 1.807) is 12.0 Å². The molecule has 0 fully saturated rings. The van der Waals surface area contributed by atoms with Crippen molar-refractivity contribution in [2.45, 2.75) is 27.2 Å². The van der Waals surface area contributed by atoms with Crippen molar-refractivity contribution < 1.29 is 14.6 Å². The van der Waals surface area contributed by atoms with Gasteiger partial charge in [-0.15, -0.1) is 0 Å². The number of methoxy groups -OCH3 is 1. The minimum absolute atomic E-state index is 0.0617. The van der Waals surface area contributed by atoms with Crippen molar-refractivity contribution in [1.29, 1.82) is 0 Å². The Kier molecular flexibility index (Phi) is 5.36. The van der Waals surface area contributed by atoms with Crippen molar-refractivity contribution in [1.82, 2.24) is 4.90 Å². The molecule has 0 heterocycles. The van der Waals surface area contributed by atoms with Gasteiger partial charge in [0.1, 0.15) is 5.75 Å². The zero-order chi connectivity index (χ0) is 14.6. The number of rotatable bonds is 6. The summed E-state index contributed by atoms with van der Waals surface area (Å²) in [6.45, 7) is 6.96. The molecule has 0 spiro atoms. The van der Waals surface area contributed by atoms with E-state index in [1.807, 2.05) is 7.05 Å². The lowest BCUT2D eigenvalue weighted by atomic mass is 9.97. The number of likely N-dealkylation sites (N-methyl/N-ethyl adjacent to an activating group) is 1. The summed E-state index contributed by atoms with van der Waals surface area (Å²) in [6.07, 6.45) is 0.792. The maximum Gasteiger partial charge on any atom is 0.317 e. The summed E-state index contributed by atoms with van der Waals surface area (Å²) < 4.78 is 5.52. The number of ether oxygens (including phenoxy) is 1. The highest BCUT2D eigenvalue weighted by Gasteiger charge is 2.13. The van der Waals surface area contributed by atoms with Gasteiger partial charge in [0.15, 0.2) is 0 Å². The monoisotopic (exact) mass is 265 g/mol. The van der Waals surface area contributed by atoms with Crippen molar-refractivity contribution in [3.63, 3.8) is 0 Å². The number of carbonyl (C=O) groups is 1. The third-order valence-corrected chi connectivity index (χ3v) is 3.47. The lowest BCUT2D eigenvalue weighted by molar-refractivity contribution is -0.137. The average Bonchev–Trinajstić information content (AvgIpc) is 2.31. The Morgan fingerprint density at radius 2 is 1.95 bits per heavy atom. The van der Waals surface area contributed by atoms with E-state index >= 15 is 0 Å². The number of hydrogen-bond donors (Lipinski definition) is 1. The lowest BCUT2D eigenvalue weighted by Crippen LogP contribution is -2.27. The van der Waals surface area contributed by atoms with E-state index in [0.29, 0.717) is 6.54 Å². The van der Waals surface area contributed by atoms with Crippen LogP contribution >= 0.6 is 0 Å². The van der Waals surface area contributed by atoms with Crippen LogP contribution in [0.5, 0.6) is 5.75 Å². The molecule has 1 rings (SSSR count). The van der Waals surface area contributed by atoms with E-state index in [4.69, 9.17) is 9.84 Å². The fraction of sp³-hybridized carbons (Fsp3) is 0.533. The Hall–Kier alpha value is -1.55. The molecule has 4 heteroatoms. The number of benzene rings is 1. The first-order valence-corrected chi connectivity index (χ1v) is 6.40. The van der Waals surface area contributed by atoms with Crippen molar-refractivity contribution in [3.8, 4) is 5.75 Å². The minimum atomic E-state index is -0.800. The standard InChI is InChI=1S/C15H23NO3/c1-10-8-11(2)13(15(19-5)12(10)3)6-7-16(4)9-14(17)18/h8H,6-7,9H2,1-5H3,(H,17,18). The van der Waals surface area contributed by atoms with Crippen molar-refractivity contribution in [3.05, 3.63) is 28.3 Å². The van der Waals surface area contributed by atoms with E-state index < -0.39 is 5.97 Å². The Morgan fingerprint density at radius 3 is 2.47 bits per heavy atom. The molecule has 0 aromatic heterocycles. The maximum atomic E-state index is 10.6. The van der Waals surface area contributed by atoms with Gasteiger partial charge in [-0.1, -0.05) is 6.07 Å². The van der Waals surface area contributed by atoms with Crippen molar-refractivity contribution in [2.75, 3.05) is 27.2 Å². The summed E-state index contributed by atoms with van der Waals surface area (Å²) in [7, 11) is 3.50. The molecule has 1 aromatic rings. The zero-order valence-corrected chi connectivity index (χ0v) is 12.4. The van der Waals surface area contributed by atoms with E-state index in [2.05, 4.69) is 26.8 Å². The quantitative estimate of drug-likeness (QED) is 0.856. The number of carboxylic acids is 1. The van der Waals surface area contributed by atoms with Crippen LogP contribution in [0.25, 0.3) is 0 Å². The first-order valence-electron chi connectivity index (χ1n) is 6.40. The average molecular weight is 265 g/mol. The molecule has 1 aromatic carbocycles. The fourth-order valence-corrected chi connectivity index (χ4v) is 2.30. The van der Waals surface area contributed by atoms with Gasteiger partial charge in [-0.05, 0) is 56.5 Å². The molecule has 19 heavy (non-hydrogen) atoms. The van der Waals surface area contributed by atoms with Gasteiger partial charge in [0.05, 0.1) is 13.7 Å². The van der Waals surface area contributed by atoms with Gasteiger partial charge < -0.3 is 9.84 Å². The van der Waals surface area contributed by atoms with Crippen LogP contribution in [0.4, 0.5) is 0 Å². The van der Waals surface area contributed by atoms with Crippen molar-refractivity contribution in [2.24, 2.45) is 0 Å². The van der Waals surface area contributed by atoms with Gasteiger partial charge in [0.25, 0.3) is 0 Å². The first kappa shape index (κ1) is 15.5. The number of hydrogen-bond acceptors (Lipinski definition) is 3.